The highest BCUT2D eigenvalue weighted by Crippen LogP contribution is 2.17. The van der Waals surface area contributed by atoms with E-state index in [-0.39, 0.29) is 4.90 Å². The van der Waals surface area contributed by atoms with Crippen molar-refractivity contribution in [3.05, 3.63) is 45.7 Å². The number of aryl methyl sites for hydroxylation is 2. The van der Waals surface area contributed by atoms with Gasteiger partial charge in [0.2, 0.25) is 10.0 Å². The quantitative estimate of drug-likeness (QED) is 0.922. The van der Waals surface area contributed by atoms with Crippen molar-refractivity contribution >= 4 is 21.4 Å². The van der Waals surface area contributed by atoms with Gasteiger partial charge in [0, 0.05) is 11.4 Å². The summed E-state index contributed by atoms with van der Waals surface area (Å²) >= 11 is 1.57. The number of nitrogens with one attached hydrogen (secondary N) is 1. The van der Waals surface area contributed by atoms with Gasteiger partial charge in [-0.3, -0.25) is 0 Å². The van der Waals surface area contributed by atoms with Crippen LogP contribution in [-0.4, -0.2) is 19.9 Å². The van der Waals surface area contributed by atoms with E-state index in [1.165, 1.54) is 12.1 Å². The lowest BCUT2D eigenvalue weighted by Crippen LogP contribution is -2.25. The molecular weight excluding hydrogens is 299 g/mol. The van der Waals surface area contributed by atoms with Gasteiger partial charge in [0.25, 0.3) is 0 Å². The Bertz CT molecular complexity index is 694. The van der Waals surface area contributed by atoms with Crippen LogP contribution in [0.4, 0.5) is 4.39 Å². The third kappa shape index (κ3) is 3.62. The summed E-state index contributed by atoms with van der Waals surface area (Å²) in [7, 11) is -3.59. The molecule has 0 bridgehead atoms. The Morgan fingerprint density at radius 1 is 1.25 bits per heavy atom. The fraction of sp³-hybridized carbons (Fsp3) is 0.308. The molecular formula is C13H15FN2O2S2. The molecule has 2 aromatic rings. The maximum absolute atomic E-state index is 12.8. The molecule has 108 valence electrons. The largest absolute Gasteiger partial charge is 0.247 e. The lowest BCUT2D eigenvalue weighted by atomic mass is 10.3. The highest BCUT2D eigenvalue weighted by atomic mass is 32.2. The summed E-state index contributed by atoms with van der Waals surface area (Å²) in [5.41, 5.74) is 0.938. The summed E-state index contributed by atoms with van der Waals surface area (Å²) in [5, 5.41) is 0.971. The lowest BCUT2D eigenvalue weighted by Gasteiger charge is -2.06. The van der Waals surface area contributed by atoms with Gasteiger partial charge in [0.1, 0.15) is 5.82 Å². The van der Waals surface area contributed by atoms with E-state index in [9.17, 15) is 12.8 Å². The first kappa shape index (κ1) is 15.1. The average molecular weight is 314 g/mol. The zero-order valence-electron chi connectivity index (χ0n) is 11.2. The van der Waals surface area contributed by atoms with Crippen molar-refractivity contribution in [2.24, 2.45) is 0 Å². The first-order valence-corrected chi connectivity index (χ1v) is 8.36. The minimum Gasteiger partial charge on any atom is -0.247 e. The molecule has 4 nitrogen and oxygen atoms in total. The first-order valence-electron chi connectivity index (χ1n) is 6.06. The van der Waals surface area contributed by atoms with Crippen LogP contribution in [0.5, 0.6) is 0 Å². The SMILES string of the molecule is Cc1nc(C)c(CCNS(=O)(=O)c2ccc(F)cc2)s1. The van der Waals surface area contributed by atoms with Crippen LogP contribution in [0, 0.1) is 19.7 Å². The Kier molecular flexibility index (Phi) is 4.52. The number of aromatic nitrogens is 1. The summed E-state index contributed by atoms with van der Waals surface area (Å²) in [4.78, 5) is 5.43. The zero-order valence-corrected chi connectivity index (χ0v) is 12.8. The van der Waals surface area contributed by atoms with Gasteiger partial charge in [-0.15, -0.1) is 11.3 Å². The van der Waals surface area contributed by atoms with Gasteiger partial charge >= 0.3 is 0 Å². The molecule has 20 heavy (non-hydrogen) atoms. The molecule has 0 fully saturated rings. The number of hydrogen-bond acceptors (Lipinski definition) is 4. The van der Waals surface area contributed by atoms with Crippen molar-refractivity contribution in [3.63, 3.8) is 0 Å². The van der Waals surface area contributed by atoms with Crippen molar-refractivity contribution in [2.45, 2.75) is 25.2 Å². The Labute approximate surface area is 121 Å². The van der Waals surface area contributed by atoms with E-state index in [1.807, 2.05) is 13.8 Å². The Morgan fingerprint density at radius 3 is 2.45 bits per heavy atom. The fourth-order valence-electron chi connectivity index (χ4n) is 1.80. The van der Waals surface area contributed by atoms with Crippen molar-refractivity contribution in [2.75, 3.05) is 6.54 Å². The third-order valence-corrected chi connectivity index (χ3v) is 5.38. The van der Waals surface area contributed by atoms with E-state index < -0.39 is 15.8 Å². The number of halogens is 1. The van der Waals surface area contributed by atoms with E-state index in [0.717, 1.165) is 27.7 Å². The average Bonchev–Trinajstić information content (AvgIpc) is 2.68. The third-order valence-electron chi connectivity index (χ3n) is 2.77. The van der Waals surface area contributed by atoms with Crippen molar-refractivity contribution in [3.8, 4) is 0 Å². The Hall–Kier alpha value is -1.31. The molecule has 0 radical (unpaired) electrons. The number of hydrogen-bond donors (Lipinski definition) is 1. The van der Waals surface area contributed by atoms with Crippen LogP contribution in [0.25, 0.3) is 0 Å². The molecule has 0 unspecified atom stereocenters. The molecule has 1 N–H and O–H groups in total. The lowest BCUT2D eigenvalue weighted by molar-refractivity contribution is 0.581. The normalized spacial score (nSPS) is 11.8. The van der Waals surface area contributed by atoms with Gasteiger partial charge < -0.3 is 0 Å². The number of nitrogens with zero attached hydrogens (tertiary/aromatic N) is 1. The monoisotopic (exact) mass is 314 g/mol. The van der Waals surface area contributed by atoms with Gasteiger partial charge in [0.15, 0.2) is 0 Å². The maximum Gasteiger partial charge on any atom is 0.240 e. The topological polar surface area (TPSA) is 59.1 Å². The molecule has 2 rings (SSSR count). The second-order valence-corrected chi connectivity index (χ2v) is 7.40. The van der Waals surface area contributed by atoms with Crippen LogP contribution in [0.3, 0.4) is 0 Å². The number of rotatable bonds is 5. The van der Waals surface area contributed by atoms with E-state index in [1.54, 1.807) is 11.3 Å². The molecule has 1 aromatic carbocycles. The van der Waals surface area contributed by atoms with E-state index >= 15 is 0 Å². The van der Waals surface area contributed by atoms with Crippen molar-refractivity contribution < 1.29 is 12.8 Å². The summed E-state index contributed by atoms with van der Waals surface area (Å²) < 4.78 is 39.2. The van der Waals surface area contributed by atoms with Gasteiger partial charge in [0.05, 0.1) is 15.6 Å². The van der Waals surface area contributed by atoms with Crippen LogP contribution in [0.2, 0.25) is 0 Å². The smallest absolute Gasteiger partial charge is 0.240 e. The van der Waals surface area contributed by atoms with Gasteiger partial charge in [-0.2, -0.15) is 0 Å². The van der Waals surface area contributed by atoms with Crippen LogP contribution in [0.15, 0.2) is 29.2 Å². The van der Waals surface area contributed by atoms with Gasteiger partial charge in [-0.1, -0.05) is 0 Å². The first-order chi connectivity index (χ1) is 9.38. The summed E-state index contributed by atoms with van der Waals surface area (Å²) in [5.74, 6) is -0.459. The predicted octanol–water partition coefficient (Wildman–Crippen LogP) is 2.42. The fourth-order valence-corrected chi connectivity index (χ4v) is 3.77. The van der Waals surface area contributed by atoms with E-state index in [2.05, 4.69) is 9.71 Å². The van der Waals surface area contributed by atoms with Crippen LogP contribution < -0.4 is 4.72 Å². The number of sulfonamides is 1. The molecule has 0 saturated carbocycles. The van der Waals surface area contributed by atoms with Crippen molar-refractivity contribution in [1.82, 2.24) is 9.71 Å². The predicted molar refractivity (Wildman–Crippen MR) is 76.9 cm³/mol. The van der Waals surface area contributed by atoms with Gasteiger partial charge in [-0.05, 0) is 44.5 Å². The molecule has 0 amide bonds. The summed E-state index contributed by atoms with van der Waals surface area (Å²) in [6.45, 7) is 4.12. The second kappa shape index (κ2) is 5.99. The highest BCUT2D eigenvalue weighted by Gasteiger charge is 2.14. The Balaban J connectivity index is 1.99. The minimum absolute atomic E-state index is 0.0658. The van der Waals surface area contributed by atoms with Crippen LogP contribution >= 0.6 is 11.3 Å². The van der Waals surface area contributed by atoms with Crippen molar-refractivity contribution in [1.29, 1.82) is 0 Å². The van der Waals surface area contributed by atoms with Crippen LogP contribution in [0.1, 0.15) is 15.6 Å². The van der Waals surface area contributed by atoms with E-state index in [0.29, 0.717) is 13.0 Å². The standard InChI is InChI=1S/C13H15FN2O2S2/c1-9-13(19-10(2)16-9)7-8-15-20(17,18)12-5-3-11(14)4-6-12/h3-6,15H,7-8H2,1-2H3. The molecule has 0 aliphatic carbocycles. The van der Waals surface area contributed by atoms with Gasteiger partial charge in [-0.25, -0.2) is 22.5 Å². The van der Waals surface area contributed by atoms with Crippen LogP contribution in [-0.2, 0) is 16.4 Å². The molecule has 0 spiro atoms. The molecule has 0 aliphatic heterocycles. The number of thiazole rings is 1. The molecule has 0 saturated heterocycles. The molecule has 0 atom stereocenters. The summed E-state index contributed by atoms with van der Waals surface area (Å²) in [6.07, 6.45) is 0.595. The zero-order chi connectivity index (χ0) is 14.8. The summed E-state index contributed by atoms with van der Waals surface area (Å²) in [6, 6.07) is 4.76. The highest BCUT2D eigenvalue weighted by molar-refractivity contribution is 7.89. The van der Waals surface area contributed by atoms with E-state index in [4.69, 9.17) is 0 Å². The maximum atomic E-state index is 12.8. The second-order valence-electron chi connectivity index (χ2n) is 4.34. The minimum atomic E-state index is -3.59. The molecule has 7 heteroatoms. The molecule has 0 aliphatic rings. The Morgan fingerprint density at radius 2 is 1.90 bits per heavy atom. The molecule has 1 aromatic heterocycles. The molecule has 1 heterocycles. The number of benzene rings is 1.